The Kier molecular flexibility index (Phi) is 1.85. The van der Waals surface area contributed by atoms with Crippen LogP contribution in [0.3, 0.4) is 0 Å². The summed E-state index contributed by atoms with van der Waals surface area (Å²) in [6.07, 6.45) is -1.88. The number of hydrazine groups is 3. The van der Waals surface area contributed by atoms with Crippen molar-refractivity contribution in [3.8, 4) is 0 Å². The topological polar surface area (TPSA) is 134 Å². The van der Waals surface area contributed by atoms with E-state index in [1.54, 1.807) is 0 Å². The third-order valence-corrected chi connectivity index (χ3v) is 1.18. The van der Waals surface area contributed by atoms with Crippen molar-refractivity contribution in [2.45, 2.75) is 6.17 Å². The van der Waals surface area contributed by atoms with Gasteiger partial charge in [-0.15, -0.1) is 4.91 Å². The van der Waals surface area contributed by atoms with Gasteiger partial charge in [0.05, 0.1) is 10.2 Å². The van der Waals surface area contributed by atoms with Crippen LogP contribution in [0.2, 0.25) is 0 Å². The van der Waals surface area contributed by atoms with Crippen molar-refractivity contribution in [3.05, 3.63) is 15.0 Å². The SMILES string of the molecule is NN1NC(=O)C([N+](=O)[O-])N1N=O. The molecule has 66 valence electrons. The lowest BCUT2D eigenvalue weighted by atomic mass is 10.5. The van der Waals surface area contributed by atoms with Crippen LogP contribution in [0, 0.1) is 15.0 Å². The third kappa shape index (κ3) is 1.04. The van der Waals surface area contributed by atoms with E-state index in [1.165, 1.54) is 0 Å². The van der Waals surface area contributed by atoms with Gasteiger partial charge in [-0.1, -0.05) is 5.12 Å². The zero-order chi connectivity index (χ0) is 9.30. The summed E-state index contributed by atoms with van der Waals surface area (Å²) in [5.74, 6) is 3.93. The maximum Gasteiger partial charge on any atom is 0.399 e. The average Bonchev–Trinajstić information content (AvgIpc) is 2.24. The molecule has 3 N–H and O–H groups in total. The Morgan fingerprint density at radius 1 is 1.75 bits per heavy atom. The zero-order valence-corrected chi connectivity index (χ0v) is 5.58. The summed E-state index contributed by atoms with van der Waals surface area (Å²) < 4.78 is 0. The van der Waals surface area contributed by atoms with Gasteiger partial charge in [0.25, 0.3) is 0 Å². The summed E-state index contributed by atoms with van der Waals surface area (Å²) in [7, 11) is 0. The van der Waals surface area contributed by atoms with Gasteiger partial charge in [-0.25, -0.2) is 11.3 Å². The van der Waals surface area contributed by atoms with E-state index in [0.717, 1.165) is 0 Å². The van der Waals surface area contributed by atoms with Gasteiger partial charge >= 0.3 is 12.1 Å². The number of nitroso groups, excluding NO2 is 1. The van der Waals surface area contributed by atoms with Crippen LogP contribution >= 0.6 is 0 Å². The fourth-order valence-corrected chi connectivity index (χ4v) is 0.709. The van der Waals surface area contributed by atoms with E-state index in [1.807, 2.05) is 5.43 Å². The first-order chi connectivity index (χ1) is 5.57. The number of nitrogens with two attached hydrogens (primary N) is 1. The van der Waals surface area contributed by atoms with Gasteiger partial charge < -0.3 is 0 Å². The second kappa shape index (κ2) is 2.67. The molecule has 0 bridgehead atoms. The Morgan fingerprint density at radius 3 is 2.67 bits per heavy atom. The molecule has 1 unspecified atom stereocenters. The van der Waals surface area contributed by atoms with Gasteiger partial charge in [-0.3, -0.25) is 14.9 Å². The van der Waals surface area contributed by atoms with Crippen LogP contribution in [0.1, 0.15) is 0 Å². The van der Waals surface area contributed by atoms with Crippen molar-refractivity contribution in [3.63, 3.8) is 0 Å². The summed E-state index contributed by atoms with van der Waals surface area (Å²) in [6.45, 7) is 0. The molecule has 1 rings (SSSR count). The van der Waals surface area contributed by atoms with Gasteiger partial charge in [-0.2, -0.15) is 0 Å². The highest BCUT2D eigenvalue weighted by atomic mass is 16.6. The van der Waals surface area contributed by atoms with Crippen LogP contribution in [0.25, 0.3) is 0 Å². The predicted molar refractivity (Wildman–Crippen MR) is 32.6 cm³/mol. The molecule has 1 saturated heterocycles. The molecule has 0 spiro atoms. The minimum Gasteiger partial charge on any atom is -0.263 e. The van der Waals surface area contributed by atoms with Crippen molar-refractivity contribution in [2.75, 3.05) is 0 Å². The highest BCUT2D eigenvalue weighted by Gasteiger charge is 2.47. The summed E-state index contributed by atoms with van der Waals surface area (Å²) in [5, 5.41) is 12.9. The second-order valence-electron chi connectivity index (χ2n) is 1.88. The molecule has 10 heteroatoms. The molecule has 1 amide bonds. The van der Waals surface area contributed by atoms with Crippen LogP contribution in [0.5, 0.6) is 0 Å². The second-order valence-corrected chi connectivity index (χ2v) is 1.88. The lowest BCUT2D eigenvalue weighted by Gasteiger charge is -2.12. The molecule has 1 atom stereocenters. The van der Waals surface area contributed by atoms with Gasteiger partial charge in [-0.05, 0) is 5.23 Å². The van der Waals surface area contributed by atoms with Gasteiger partial charge in [0.1, 0.15) is 0 Å². The van der Waals surface area contributed by atoms with E-state index in [-0.39, 0.29) is 5.12 Å². The molecule has 1 heterocycles. The monoisotopic (exact) mass is 176 g/mol. The molecule has 0 aliphatic carbocycles. The number of nitrogens with zero attached hydrogens (tertiary/aromatic N) is 4. The fraction of sp³-hybridized carbons (Fsp3) is 0.500. The normalized spacial score (nSPS) is 23.9. The number of hydrogen-bond acceptors (Lipinski definition) is 7. The average molecular weight is 176 g/mol. The summed E-state index contributed by atoms with van der Waals surface area (Å²) >= 11 is 0. The zero-order valence-electron chi connectivity index (χ0n) is 5.58. The van der Waals surface area contributed by atoms with Gasteiger partial charge in [0, 0.05) is 0 Å². The molecule has 0 aromatic carbocycles. The Morgan fingerprint density at radius 2 is 2.33 bits per heavy atom. The highest BCUT2D eigenvalue weighted by molar-refractivity contribution is 5.80. The standard InChI is InChI=1S/C2H4N6O4/c3-8-4-1(9)2(7(11)12)6(8)5-10/h2H,3H2,(H,4,9). The molecule has 0 aromatic heterocycles. The predicted octanol–water partition coefficient (Wildman–Crippen LogP) is -2.29. The number of carbonyl (C=O) groups excluding carboxylic acids is 1. The maximum atomic E-state index is 10.7. The molecule has 1 aliphatic rings. The maximum absolute atomic E-state index is 10.7. The van der Waals surface area contributed by atoms with E-state index in [9.17, 15) is 19.8 Å². The lowest BCUT2D eigenvalue weighted by Crippen LogP contribution is -2.47. The molecule has 1 aliphatic heterocycles. The number of nitrogens with one attached hydrogen (secondary N) is 1. The van der Waals surface area contributed by atoms with Crippen LogP contribution in [0.4, 0.5) is 0 Å². The number of carbonyl (C=O) groups is 1. The quantitative estimate of drug-likeness (QED) is 0.209. The van der Waals surface area contributed by atoms with E-state index in [2.05, 4.69) is 5.29 Å². The van der Waals surface area contributed by atoms with Crippen molar-refractivity contribution in [1.82, 2.24) is 15.8 Å². The van der Waals surface area contributed by atoms with Crippen LogP contribution in [-0.2, 0) is 4.79 Å². The Labute approximate surface area is 64.9 Å². The Balaban J connectivity index is 2.89. The molecular formula is C2H4N6O4. The van der Waals surface area contributed by atoms with E-state index >= 15 is 0 Å². The summed E-state index contributed by atoms with van der Waals surface area (Å²) in [6, 6.07) is 0. The molecule has 0 aromatic rings. The first-order valence-electron chi connectivity index (χ1n) is 2.69. The Hall–Kier alpha value is -1.81. The first-order valence-corrected chi connectivity index (χ1v) is 2.69. The van der Waals surface area contributed by atoms with Crippen molar-refractivity contribution >= 4 is 5.91 Å². The van der Waals surface area contributed by atoms with E-state index in [0.29, 0.717) is 5.23 Å². The van der Waals surface area contributed by atoms with Crippen LogP contribution < -0.4 is 11.3 Å². The minimum atomic E-state index is -1.88. The molecule has 12 heavy (non-hydrogen) atoms. The summed E-state index contributed by atoms with van der Waals surface area (Å²) in [4.78, 5) is 29.8. The van der Waals surface area contributed by atoms with Crippen molar-refractivity contribution in [1.29, 1.82) is 0 Å². The molecule has 1 fully saturated rings. The van der Waals surface area contributed by atoms with Crippen LogP contribution in [0.15, 0.2) is 5.29 Å². The molecule has 0 saturated carbocycles. The fourth-order valence-electron chi connectivity index (χ4n) is 0.709. The molecular weight excluding hydrogens is 172 g/mol. The first kappa shape index (κ1) is 8.29. The van der Waals surface area contributed by atoms with Crippen molar-refractivity contribution in [2.24, 2.45) is 11.1 Å². The number of nitro groups is 1. The highest BCUT2D eigenvalue weighted by Crippen LogP contribution is 2.08. The summed E-state index contributed by atoms with van der Waals surface area (Å²) in [5.41, 5.74) is 1.81. The van der Waals surface area contributed by atoms with E-state index < -0.39 is 17.0 Å². The van der Waals surface area contributed by atoms with Crippen molar-refractivity contribution < 1.29 is 9.72 Å². The lowest BCUT2D eigenvalue weighted by molar-refractivity contribution is -0.540. The smallest absolute Gasteiger partial charge is 0.263 e. The number of rotatable bonds is 2. The molecule has 10 nitrogen and oxygen atoms in total. The largest absolute Gasteiger partial charge is 0.399 e. The Bertz CT molecular complexity index is 240. The van der Waals surface area contributed by atoms with Crippen LogP contribution in [-0.4, -0.2) is 27.3 Å². The third-order valence-electron chi connectivity index (χ3n) is 1.18. The number of hydrogen-bond donors (Lipinski definition) is 2. The van der Waals surface area contributed by atoms with Gasteiger partial charge in [0.2, 0.25) is 0 Å². The van der Waals surface area contributed by atoms with E-state index in [4.69, 9.17) is 5.84 Å². The number of amides is 1. The minimum absolute atomic E-state index is 0.183. The molecule has 0 radical (unpaired) electrons. The van der Waals surface area contributed by atoms with Gasteiger partial charge in [0.15, 0.2) is 0 Å².